The Labute approximate surface area is 133 Å². The maximum absolute atomic E-state index is 4.37. The number of anilines is 2. The number of aromatic nitrogens is 1. The van der Waals surface area contributed by atoms with Gasteiger partial charge in [0.15, 0.2) is 0 Å². The van der Waals surface area contributed by atoms with Gasteiger partial charge in [-0.25, -0.2) is 4.98 Å². The molecule has 1 heterocycles. The van der Waals surface area contributed by atoms with Crippen molar-refractivity contribution >= 4 is 27.4 Å². The molecule has 21 heavy (non-hydrogen) atoms. The average molecular weight is 339 g/mol. The van der Waals surface area contributed by atoms with Crippen molar-refractivity contribution in [1.29, 1.82) is 0 Å². The van der Waals surface area contributed by atoms with Gasteiger partial charge in [-0.1, -0.05) is 46.3 Å². The van der Waals surface area contributed by atoms with Crippen molar-refractivity contribution in [3.8, 4) is 11.1 Å². The van der Waals surface area contributed by atoms with E-state index in [0.29, 0.717) is 0 Å². The van der Waals surface area contributed by atoms with Crippen LogP contribution in [0.15, 0.2) is 71.3 Å². The van der Waals surface area contributed by atoms with Crippen LogP contribution in [0.4, 0.5) is 11.5 Å². The van der Waals surface area contributed by atoms with Crippen molar-refractivity contribution in [2.45, 2.75) is 6.92 Å². The zero-order chi connectivity index (χ0) is 14.7. The first-order valence-corrected chi connectivity index (χ1v) is 7.56. The fourth-order valence-corrected chi connectivity index (χ4v) is 2.48. The van der Waals surface area contributed by atoms with Gasteiger partial charge in [0, 0.05) is 21.9 Å². The predicted octanol–water partition coefficient (Wildman–Crippen LogP) is 5.56. The Balaban J connectivity index is 1.98. The van der Waals surface area contributed by atoms with Crippen LogP contribution in [-0.2, 0) is 0 Å². The van der Waals surface area contributed by atoms with E-state index >= 15 is 0 Å². The van der Waals surface area contributed by atoms with E-state index in [1.165, 1.54) is 11.1 Å². The maximum Gasteiger partial charge on any atom is 0.130 e. The Bertz CT molecular complexity index is 751. The number of hydrogen-bond acceptors (Lipinski definition) is 2. The molecule has 0 saturated carbocycles. The van der Waals surface area contributed by atoms with Crippen LogP contribution in [0.1, 0.15) is 5.56 Å². The molecule has 0 aliphatic rings. The highest BCUT2D eigenvalue weighted by Gasteiger charge is 2.05. The largest absolute Gasteiger partial charge is 0.340 e. The van der Waals surface area contributed by atoms with Gasteiger partial charge in [0.1, 0.15) is 5.82 Å². The maximum atomic E-state index is 4.37. The van der Waals surface area contributed by atoms with Crippen LogP contribution in [0.2, 0.25) is 0 Å². The number of benzene rings is 2. The van der Waals surface area contributed by atoms with Crippen LogP contribution in [0.5, 0.6) is 0 Å². The second kappa shape index (κ2) is 6.10. The molecule has 0 aliphatic carbocycles. The molecule has 2 nitrogen and oxygen atoms in total. The molecule has 0 saturated heterocycles. The van der Waals surface area contributed by atoms with Gasteiger partial charge in [-0.15, -0.1) is 0 Å². The van der Waals surface area contributed by atoms with Crippen LogP contribution in [-0.4, -0.2) is 4.98 Å². The molecule has 1 N–H and O–H groups in total. The number of hydrogen-bond donors (Lipinski definition) is 1. The number of para-hydroxylation sites is 1. The lowest BCUT2D eigenvalue weighted by Gasteiger charge is -2.12. The van der Waals surface area contributed by atoms with Crippen molar-refractivity contribution in [3.63, 3.8) is 0 Å². The highest BCUT2D eigenvalue weighted by molar-refractivity contribution is 9.10. The van der Waals surface area contributed by atoms with E-state index in [2.05, 4.69) is 69.6 Å². The first-order valence-electron chi connectivity index (χ1n) is 6.77. The quantitative estimate of drug-likeness (QED) is 0.675. The molecule has 0 spiro atoms. The Morgan fingerprint density at radius 1 is 0.952 bits per heavy atom. The third-order valence-corrected chi connectivity index (χ3v) is 3.79. The number of halogens is 1. The Morgan fingerprint density at radius 3 is 2.48 bits per heavy atom. The topological polar surface area (TPSA) is 24.9 Å². The van der Waals surface area contributed by atoms with E-state index in [9.17, 15) is 0 Å². The van der Waals surface area contributed by atoms with Crippen LogP contribution < -0.4 is 5.32 Å². The van der Waals surface area contributed by atoms with Crippen molar-refractivity contribution in [3.05, 3.63) is 76.9 Å². The van der Waals surface area contributed by atoms with Crippen molar-refractivity contribution in [2.24, 2.45) is 0 Å². The summed E-state index contributed by atoms with van der Waals surface area (Å²) in [5, 5.41) is 3.40. The smallest absolute Gasteiger partial charge is 0.130 e. The number of rotatable bonds is 3. The third kappa shape index (κ3) is 3.31. The van der Waals surface area contributed by atoms with Gasteiger partial charge in [0.05, 0.1) is 0 Å². The molecular formula is C18H15BrN2. The third-order valence-electron chi connectivity index (χ3n) is 3.26. The van der Waals surface area contributed by atoms with Gasteiger partial charge < -0.3 is 5.32 Å². The Morgan fingerprint density at radius 2 is 1.71 bits per heavy atom. The zero-order valence-corrected chi connectivity index (χ0v) is 13.3. The summed E-state index contributed by atoms with van der Waals surface area (Å²) in [7, 11) is 0. The van der Waals surface area contributed by atoms with Gasteiger partial charge in [-0.3, -0.25) is 0 Å². The number of nitrogens with one attached hydrogen (secondary N) is 1. The highest BCUT2D eigenvalue weighted by atomic mass is 79.9. The minimum Gasteiger partial charge on any atom is -0.340 e. The lowest BCUT2D eigenvalue weighted by atomic mass is 10.0. The Kier molecular flexibility index (Phi) is 4.02. The summed E-state index contributed by atoms with van der Waals surface area (Å²) in [6, 6.07) is 20.6. The minimum atomic E-state index is 0.861. The second-order valence-corrected chi connectivity index (χ2v) is 5.81. The molecule has 0 fully saturated rings. The molecule has 0 aliphatic heterocycles. The Hall–Kier alpha value is -2.13. The van der Waals surface area contributed by atoms with E-state index in [4.69, 9.17) is 0 Å². The summed E-state index contributed by atoms with van der Waals surface area (Å²) in [5.41, 5.74) is 4.58. The van der Waals surface area contributed by atoms with Crippen molar-refractivity contribution in [2.75, 3.05) is 5.32 Å². The summed E-state index contributed by atoms with van der Waals surface area (Å²) in [6.45, 7) is 2.06. The lowest BCUT2D eigenvalue weighted by Crippen LogP contribution is -1.95. The molecule has 0 radical (unpaired) electrons. The van der Waals surface area contributed by atoms with Crippen LogP contribution in [0.3, 0.4) is 0 Å². The highest BCUT2D eigenvalue weighted by Crippen LogP contribution is 2.30. The standard InChI is InChI=1S/C18H15BrN2/c1-13-10-11-20-18(12-13)21-17-5-3-2-4-16(17)14-6-8-15(19)9-7-14/h2-12H,1H3,(H,20,21). The van der Waals surface area contributed by atoms with E-state index in [0.717, 1.165) is 21.5 Å². The second-order valence-electron chi connectivity index (χ2n) is 4.90. The van der Waals surface area contributed by atoms with Gasteiger partial charge in [0.2, 0.25) is 0 Å². The number of nitrogens with zero attached hydrogens (tertiary/aromatic N) is 1. The fraction of sp³-hybridized carbons (Fsp3) is 0.0556. The van der Waals surface area contributed by atoms with E-state index in [-0.39, 0.29) is 0 Å². The first kappa shape index (κ1) is 13.8. The zero-order valence-electron chi connectivity index (χ0n) is 11.7. The van der Waals surface area contributed by atoms with E-state index in [1.54, 1.807) is 0 Å². The molecule has 2 aromatic carbocycles. The normalized spacial score (nSPS) is 10.4. The molecule has 0 atom stereocenters. The first-order chi connectivity index (χ1) is 10.2. The molecule has 104 valence electrons. The van der Waals surface area contributed by atoms with Crippen LogP contribution >= 0.6 is 15.9 Å². The summed E-state index contributed by atoms with van der Waals surface area (Å²) in [6.07, 6.45) is 1.82. The van der Waals surface area contributed by atoms with Gasteiger partial charge in [-0.2, -0.15) is 0 Å². The molecule has 3 heteroatoms. The lowest BCUT2D eigenvalue weighted by molar-refractivity contribution is 1.27. The van der Waals surface area contributed by atoms with E-state index in [1.807, 2.05) is 30.5 Å². The summed E-state index contributed by atoms with van der Waals surface area (Å²) in [5.74, 6) is 0.861. The van der Waals surface area contributed by atoms with Crippen LogP contribution in [0, 0.1) is 6.92 Å². The molecule has 0 unspecified atom stereocenters. The van der Waals surface area contributed by atoms with Gasteiger partial charge in [-0.05, 0) is 48.4 Å². The molecular weight excluding hydrogens is 324 g/mol. The van der Waals surface area contributed by atoms with Gasteiger partial charge in [0.25, 0.3) is 0 Å². The fourth-order valence-electron chi connectivity index (χ4n) is 2.22. The van der Waals surface area contributed by atoms with Crippen molar-refractivity contribution in [1.82, 2.24) is 4.98 Å². The molecule has 3 rings (SSSR count). The summed E-state index contributed by atoms with van der Waals surface area (Å²) >= 11 is 3.47. The van der Waals surface area contributed by atoms with E-state index < -0.39 is 0 Å². The predicted molar refractivity (Wildman–Crippen MR) is 91.8 cm³/mol. The number of pyridine rings is 1. The molecule has 3 aromatic rings. The monoisotopic (exact) mass is 338 g/mol. The number of aryl methyl sites for hydroxylation is 1. The molecule has 0 bridgehead atoms. The van der Waals surface area contributed by atoms with Crippen molar-refractivity contribution < 1.29 is 0 Å². The minimum absolute atomic E-state index is 0.861. The summed E-state index contributed by atoms with van der Waals surface area (Å²) in [4.78, 5) is 4.37. The summed E-state index contributed by atoms with van der Waals surface area (Å²) < 4.78 is 1.08. The van der Waals surface area contributed by atoms with Crippen LogP contribution in [0.25, 0.3) is 11.1 Å². The SMILES string of the molecule is Cc1ccnc(Nc2ccccc2-c2ccc(Br)cc2)c1. The molecule has 1 aromatic heterocycles. The average Bonchev–Trinajstić information content (AvgIpc) is 2.49. The van der Waals surface area contributed by atoms with Gasteiger partial charge >= 0.3 is 0 Å². The molecule has 0 amide bonds.